The molecule has 0 aliphatic heterocycles. The maximum absolute atomic E-state index is 13.5. The van der Waals surface area contributed by atoms with E-state index >= 15 is 0 Å². The average molecular weight is 440 g/mol. The van der Waals surface area contributed by atoms with Gasteiger partial charge in [-0.05, 0) is 41.8 Å². The van der Waals surface area contributed by atoms with Gasteiger partial charge in [-0.25, -0.2) is 4.39 Å². The Kier molecular flexibility index (Phi) is 5.49. The molecule has 1 fully saturated rings. The molecule has 3 nitrogen and oxygen atoms in total. The van der Waals surface area contributed by atoms with E-state index in [1.54, 1.807) is 19.2 Å². The molecule has 5 heteroatoms. The summed E-state index contributed by atoms with van der Waals surface area (Å²) >= 11 is 3.69. The van der Waals surface area contributed by atoms with Crippen LogP contribution < -0.4 is 4.74 Å². The molecule has 2 unspecified atom stereocenters. The zero-order valence-electron chi connectivity index (χ0n) is 15.4. The van der Waals surface area contributed by atoms with E-state index in [1.165, 1.54) is 17.0 Å². The topological polar surface area (TPSA) is 29.5 Å². The minimum atomic E-state index is -0.917. The lowest BCUT2D eigenvalue weighted by atomic mass is 9.85. The molecule has 2 aromatic carbocycles. The SMILES string of the molecule is C#CCN(CC#C)C(=O)C1(Br)CC1(c1ccc(F)cc1)c1ccc(OC)cc1. The number of ether oxygens (including phenoxy) is 1. The third-order valence-electron chi connectivity index (χ3n) is 5.17. The Bertz CT molecular complexity index is 942. The van der Waals surface area contributed by atoms with Gasteiger partial charge in [0.1, 0.15) is 15.9 Å². The first kappa shape index (κ1) is 20.0. The van der Waals surface area contributed by atoms with Crippen LogP contribution in [0.25, 0.3) is 0 Å². The number of rotatable bonds is 6. The molecule has 1 aliphatic carbocycles. The van der Waals surface area contributed by atoms with Crippen LogP contribution in [0.1, 0.15) is 17.5 Å². The molecular formula is C23H19BrFNO2. The maximum Gasteiger partial charge on any atom is 0.242 e. The zero-order valence-corrected chi connectivity index (χ0v) is 17.0. The molecule has 3 rings (SSSR count). The number of nitrogens with zero attached hydrogens (tertiary/aromatic N) is 1. The molecule has 0 N–H and O–H groups in total. The van der Waals surface area contributed by atoms with Gasteiger partial charge in [0.2, 0.25) is 5.91 Å². The summed E-state index contributed by atoms with van der Waals surface area (Å²) in [5.74, 6) is 5.18. The molecule has 0 bridgehead atoms. The van der Waals surface area contributed by atoms with Crippen LogP contribution in [-0.2, 0) is 10.2 Å². The highest BCUT2D eigenvalue weighted by atomic mass is 79.9. The molecule has 1 saturated carbocycles. The molecule has 2 atom stereocenters. The van der Waals surface area contributed by atoms with E-state index in [0.717, 1.165) is 11.1 Å². The number of halogens is 2. The molecule has 0 radical (unpaired) electrons. The molecule has 0 spiro atoms. The lowest BCUT2D eigenvalue weighted by Crippen LogP contribution is -2.42. The van der Waals surface area contributed by atoms with Gasteiger partial charge < -0.3 is 9.64 Å². The molecule has 1 aliphatic rings. The highest BCUT2D eigenvalue weighted by Crippen LogP contribution is 2.67. The first-order valence-electron chi connectivity index (χ1n) is 8.68. The molecule has 0 heterocycles. The summed E-state index contributed by atoms with van der Waals surface area (Å²) in [7, 11) is 1.59. The largest absolute Gasteiger partial charge is 0.497 e. The van der Waals surface area contributed by atoms with Gasteiger partial charge in [0.05, 0.1) is 20.2 Å². The molecule has 142 valence electrons. The van der Waals surface area contributed by atoms with Crippen molar-refractivity contribution in [1.29, 1.82) is 0 Å². The van der Waals surface area contributed by atoms with E-state index in [1.807, 2.05) is 24.3 Å². The Morgan fingerprint density at radius 2 is 1.61 bits per heavy atom. The van der Waals surface area contributed by atoms with Crippen LogP contribution in [0.5, 0.6) is 5.75 Å². The fraction of sp³-hybridized carbons (Fsp3) is 0.261. The molecular weight excluding hydrogens is 421 g/mol. The summed E-state index contributed by atoms with van der Waals surface area (Å²) in [6.07, 6.45) is 11.3. The van der Waals surface area contributed by atoms with Crippen LogP contribution in [0.3, 0.4) is 0 Å². The Morgan fingerprint density at radius 1 is 1.11 bits per heavy atom. The van der Waals surface area contributed by atoms with E-state index in [9.17, 15) is 9.18 Å². The normalized spacial score (nSPS) is 22.6. The highest BCUT2D eigenvalue weighted by molar-refractivity contribution is 9.10. The van der Waals surface area contributed by atoms with E-state index in [4.69, 9.17) is 17.6 Å². The monoisotopic (exact) mass is 439 g/mol. The van der Waals surface area contributed by atoms with Gasteiger partial charge in [0.25, 0.3) is 0 Å². The van der Waals surface area contributed by atoms with Crippen molar-refractivity contribution >= 4 is 21.8 Å². The van der Waals surface area contributed by atoms with Crippen molar-refractivity contribution in [3.05, 3.63) is 65.5 Å². The predicted octanol–water partition coefficient (Wildman–Crippen LogP) is 3.75. The minimum absolute atomic E-state index is 0.124. The van der Waals surface area contributed by atoms with Gasteiger partial charge in [-0.3, -0.25) is 4.79 Å². The number of methoxy groups -OCH3 is 1. The van der Waals surface area contributed by atoms with Gasteiger partial charge in [-0.1, -0.05) is 52.0 Å². The first-order chi connectivity index (χ1) is 13.4. The van der Waals surface area contributed by atoms with Crippen molar-refractivity contribution in [3.63, 3.8) is 0 Å². The number of terminal acetylenes is 2. The lowest BCUT2D eigenvalue weighted by molar-refractivity contribution is -0.130. The average Bonchev–Trinajstić information content (AvgIpc) is 3.36. The second-order valence-electron chi connectivity index (χ2n) is 6.69. The Hall–Kier alpha value is -2.76. The fourth-order valence-electron chi connectivity index (χ4n) is 3.69. The van der Waals surface area contributed by atoms with Crippen LogP contribution in [0, 0.1) is 30.5 Å². The van der Waals surface area contributed by atoms with Crippen LogP contribution in [-0.4, -0.2) is 35.3 Å². The third-order valence-corrected chi connectivity index (χ3v) is 6.47. The van der Waals surface area contributed by atoms with Crippen molar-refractivity contribution in [2.24, 2.45) is 0 Å². The Balaban J connectivity index is 2.09. The molecule has 28 heavy (non-hydrogen) atoms. The number of amides is 1. The van der Waals surface area contributed by atoms with Gasteiger partial charge in [0, 0.05) is 5.41 Å². The van der Waals surface area contributed by atoms with Crippen molar-refractivity contribution in [2.75, 3.05) is 20.2 Å². The van der Waals surface area contributed by atoms with Gasteiger partial charge >= 0.3 is 0 Å². The number of alkyl halides is 1. The number of benzene rings is 2. The van der Waals surface area contributed by atoms with Crippen molar-refractivity contribution in [2.45, 2.75) is 16.2 Å². The predicted molar refractivity (Wildman–Crippen MR) is 111 cm³/mol. The van der Waals surface area contributed by atoms with Crippen molar-refractivity contribution < 1.29 is 13.9 Å². The standard InChI is InChI=1S/C23H19BrFNO2/c1-4-14-26(15-5-2)21(27)23(24)16-22(23,17-6-10-19(25)11-7-17)18-8-12-20(28-3)13-9-18/h1-2,6-13H,14-16H2,3H3. The highest BCUT2D eigenvalue weighted by Gasteiger charge is 2.73. The van der Waals surface area contributed by atoms with E-state index in [-0.39, 0.29) is 24.8 Å². The molecule has 0 aromatic heterocycles. The van der Waals surface area contributed by atoms with E-state index < -0.39 is 9.74 Å². The van der Waals surface area contributed by atoms with Crippen molar-refractivity contribution in [1.82, 2.24) is 4.90 Å². The van der Waals surface area contributed by atoms with E-state index in [0.29, 0.717) is 12.2 Å². The number of carbonyl (C=O) groups is 1. The summed E-state index contributed by atoms with van der Waals surface area (Å²) in [6.45, 7) is 0.247. The van der Waals surface area contributed by atoms with Gasteiger partial charge in [-0.15, -0.1) is 12.8 Å². The van der Waals surface area contributed by atoms with Crippen LogP contribution >= 0.6 is 15.9 Å². The van der Waals surface area contributed by atoms with Crippen LogP contribution in [0.2, 0.25) is 0 Å². The molecule has 0 saturated heterocycles. The van der Waals surface area contributed by atoms with Crippen molar-refractivity contribution in [3.8, 4) is 30.4 Å². The third kappa shape index (κ3) is 3.17. The number of hydrogen-bond donors (Lipinski definition) is 0. The second-order valence-corrected chi connectivity index (χ2v) is 8.04. The van der Waals surface area contributed by atoms with Crippen LogP contribution in [0.4, 0.5) is 4.39 Å². The van der Waals surface area contributed by atoms with Crippen LogP contribution in [0.15, 0.2) is 48.5 Å². The summed E-state index contributed by atoms with van der Waals surface area (Å²) < 4.78 is 17.9. The van der Waals surface area contributed by atoms with Gasteiger partial charge in [-0.2, -0.15) is 0 Å². The lowest BCUT2D eigenvalue weighted by Gasteiger charge is -2.27. The zero-order chi connectivity index (χ0) is 20.4. The van der Waals surface area contributed by atoms with E-state index in [2.05, 4.69) is 27.8 Å². The smallest absolute Gasteiger partial charge is 0.242 e. The number of carbonyl (C=O) groups excluding carboxylic acids is 1. The summed E-state index contributed by atoms with van der Waals surface area (Å²) in [4.78, 5) is 14.8. The summed E-state index contributed by atoms with van der Waals surface area (Å²) in [5, 5.41) is 0. The quantitative estimate of drug-likeness (QED) is 0.506. The molecule has 1 amide bonds. The second kappa shape index (κ2) is 7.70. The summed E-state index contributed by atoms with van der Waals surface area (Å²) in [5.41, 5.74) is 1.10. The number of hydrogen-bond acceptors (Lipinski definition) is 2. The molecule has 2 aromatic rings. The minimum Gasteiger partial charge on any atom is -0.497 e. The first-order valence-corrected chi connectivity index (χ1v) is 9.48. The Morgan fingerprint density at radius 3 is 2.07 bits per heavy atom. The summed E-state index contributed by atoms with van der Waals surface area (Å²) in [6, 6.07) is 13.8. The fourth-order valence-corrected chi connectivity index (χ4v) is 4.82. The maximum atomic E-state index is 13.5. The van der Waals surface area contributed by atoms with Gasteiger partial charge in [0.15, 0.2) is 0 Å². The Labute approximate surface area is 173 Å².